The first-order chi connectivity index (χ1) is 12.7. The van der Waals surface area contributed by atoms with Gasteiger partial charge in [0, 0.05) is 4.47 Å². The van der Waals surface area contributed by atoms with Crippen LogP contribution in [0.15, 0.2) is 52.5 Å². The quantitative estimate of drug-likeness (QED) is 0.493. The summed E-state index contributed by atoms with van der Waals surface area (Å²) in [7, 11) is 0. The van der Waals surface area contributed by atoms with Crippen molar-refractivity contribution in [1.82, 2.24) is 0 Å². The van der Waals surface area contributed by atoms with Gasteiger partial charge in [-0.05, 0) is 69.7 Å². The Morgan fingerprint density at radius 3 is 2.41 bits per heavy atom. The highest BCUT2D eigenvalue weighted by Crippen LogP contribution is 2.30. The Kier molecular flexibility index (Phi) is 6.81. The number of benzene rings is 2. The minimum absolute atomic E-state index is 0.0103. The maximum atomic E-state index is 12.5. The lowest BCUT2D eigenvalue weighted by molar-refractivity contribution is -0.112. The van der Waals surface area contributed by atoms with Gasteiger partial charge in [-0.15, -0.1) is 0 Å². The summed E-state index contributed by atoms with van der Waals surface area (Å²) in [5.74, 6) is 0.302. The first kappa shape index (κ1) is 20.7. The zero-order valence-electron chi connectivity index (χ0n) is 16.0. The predicted molar refractivity (Wildman–Crippen MR) is 113 cm³/mol. The molecule has 0 heterocycles. The Morgan fingerprint density at radius 2 is 1.89 bits per heavy atom. The second kappa shape index (κ2) is 8.88. The summed E-state index contributed by atoms with van der Waals surface area (Å²) in [4.78, 5) is 12.5. The molecular formula is C22H23BrN2O2. The maximum absolute atomic E-state index is 12.5. The van der Waals surface area contributed by atoms with Crippen molar-refractivity contribution in [2.75, 3.05) is 11.9 Å². The summed E-state index contributed by atoms with van der Waals surface area (Å²) < 4.78 is 6.17. The van der Waals surface area contributed by atoms with Crippen LogP contribution in [-0.4, -0.2) is 12.5 Å². The third-order valence-electron chi connectivity index (χ3n) is 3.95. The average molecular weight is 427 g/mol. The highest BCUT2D eigenvalue weighted by Gasteiger charge is 2.16. The van der Waals surface area contributed by atoms with Gasteiger partial charge in [0.15, 0.2) is 0 Å². The van der Waals surface area contributed by atoms with E-state index in [0.29, 0.717) is 12.3 Å². The first-order valence-electron chi connectivity index (χ1n) is 8.70. The van der Waals surface area contributed by atoms with E-state index < -0.39 is 5.91 Å². The molecule has 140 valence electrons. The molecule has 4 nitrogen and oxygen atoms in total. The third kappa shape index (κ3) is 5.70. The molecule has 0 bridgehead atoms. The Hall–Kier alpha value is -2.58. The fourth-order valence-corrected chi connectivity index (χ4v) is 2.89. The molecule has 2 aromatic rings. The number of nitrogens with zero attached hydrogens (tertiary/aromatic N) is 1. The van der Waals surface area contributed by atoms with Crippen LogP contribution >= 0.6 is 15.9 Å². The Morgan fingerprint density at radius 1 is 1.22 bits per heavy atom. The van der Waals surface area contributed by atoms with E-state index in [1.807, 2.05) is 55.5 Å². The molecule has 0 saturated heterocycles. The van der Waals surface area contributed by atoms with Crippen molar-refractivity contribution in [1.29, 1.82) is 5.26 Å². The van der Waals surface area contributed by atoms with Crippen molar-refractivity contribution in [2.45, 2.75) is 33.1 Å². The number of hydrogen-bond acceptors (Lipinski definition) is 3. The smallest absolute Gasteiger partial charge is 0.266 e. The normalized spacial score (nSPS) is 11.6. The van der Waals surface area contributed by atoms with Crippen LogP contribution in [0.1, 0.15) is 38.8 Å². The predicted octanol–water partition coefficient (Wildman–Crippen LogP) is 5.69. The van der Waals surface area contributed by atoms with Crippen LogP contribution in [0.2, 0.25) is 0 Å². The number of amides is 1. The van der Waals surface area contributed by atoms with Crippen molar-refractivity contribution in [3.63, 3.8) is 0 Å². The van der Waals surface area contributed by atoms with Crippen LogP contribution in [0.25, 0.3) is 6.08 Å². The van der Waals surface area contributed by atoms with Crippen molar-refractivity contribution in [3.05, 3.63) is 63.6 Å². The Labute approximate surface area is 169 Å². The van der Waals surface area contributed by atoms with Crippen LogP contribution in [0, 0.1) is 11.3 Å². The molecule has 27 heavy (non-hydrogen) atoms. The van der Waals surface area contributed by atoms with Crippen molar-refractivity contribution < 1.29 is 9.53 Å². The summed E-state index contributed by atoms with van der Waals surface area (Å²) in [5.41, 5.74) is 2.58. The highest BCUT2D eigenvalue weighted by molar-refractivity contribution is 9.10. The van der Waals surface area contributed by atoms with Gasteiger partial charge in [-0.3, -0.25) is 4.79 Å². The summed E-state index contributed by atoms with van der Waals surface area (Å²) in [6.07, 6.45) is 1.56. The lowest BCUT2D eigenvalue weighted by Crippen LogP contribution is -2.15. The van der Waals surface area contributed by atoms with Gasteiger partial charge in [-0.2, -0.15) is 5.26 Å². The molecule has 0 aliphatic carbocycles. The molecule has 0 saturated carbocycles. The maximum Gasteiger partial charge on any atom is 0.266 e. The van der Waals surface area contributed by atoms with Gasteiger partial charge in [-0.1, -0.05) is 39.0 Å². The molecule has 0 atom stereocenters. The van der Waals surface area contributed by atoms with Crippen LogP contribution in [-0.2, 0) is 10.2 Å². The Balaban J connectivity index is 2.19. The van der Waals surface area contributed by atoms with E-state index in [0.717, 1.165) is 21.3 Å². The van der Waals surface area contributed by atoms with Crippen LogP contribution in [0.3, 0.4) is 0 Å². The lowest BCUT2D eigenvalue weighted by Gasteiger charge is -2.20. The third-order valence-corrected chi connectivity index (χ3v) is 4.61. The molecule has 0 fully saturated rings. The van der Waals surface area contributed by atoms with Gasteiger partial charge < -0.3 is 10.1 Å². The summed E-state index contributed by atoms with van der Waals surface area (Å²) in [5, 5.41) is 12.2. The molecule has 0 aliphatic rings. The van der Waals surface area contributed by atoms with E-state index in [1.54, 1.807) is 6.08 Å². The van der Waals surface area contributed by atoms with Crippen LogP contribution in [0.5, 0.6) is 5.75 Å². The largest absolute Gasteiger partial charge is 0.494 e. The summed E-state index contributed by atoms with van der Waals surface area (Å²) in [6, 6.07) is 15.0. The van der Waals surface area contributed by atoms with Gasteiger partial charge in [0.25, 0.3) is 5.91 Å². The topological polar surface area (TPSA) is 62.1 Å². The van der Waals surface area contributed by atoms with Crippen LogP contribution < -0.4 is 10.1 Å². The highest BCUT2D eigenvalue weighted by atomic mass is 79.9. The second-order valence-corrected chi connectivity index (χ2v) is 7.92. The molecule has 5 heteroatoms. The van der Waals surface area contributed by atoms with Crippen molar-refractivity contribution in [2.24, 2.45) is 0 Å². The van der Waals surface area contributed by atoms with Gasteiger partial charge in [-0.25, -0.2) is 0 Å². The molecule has 0 spiro atoms. The fraction of sp³-hybridized carbons (Fsp3) is 0.273. The number of carbonyl (C=O) groups excluding carboxylic acids is 1. The number of rotatable bonds is 5. The van der Waals surface area contributed by atoms with Crippen LogP contribution in [0.4, 0.5) is 5.69 Å². The molecule has 1 amide bonds. The number of anilines is 1. The summed E-state index contributed by atoms with van der Waals surface area (Å²) in [6.45, 7) is 8.88. The standard InChI is InChI=1S/C22H23BrN2O2/c1-5-27-18-9-6-15(7-10-18)12-16(14-24)21(26)25-20-11-8-17(13-19(20)23)22(2,3)4/h6-13H,5H2,1-4H3,(H,25,26)/b16-12+. The minimum Gasteiger partial charge on any atom is -0.494 e. The SMILES string of the molecule is CCOc1ccc(/C=C(\C#N)C(=O)Nc2ccc(C(C)(C)C)cc2Br)cc1. The molecule has 2 rings (SSSR count). The van der Waals surface area contributed by atoms with E-state index >= 15 is 0 Å². The lowest BCUT2D eigenvalue weighted by atomic mass is 9.87. The number of carbonyl (C=O) groups is 1. The van der Waals surface area contributed by atoms with Gasteiger partial charge in [0.1, 0.15) is 17.4 Å². The molecule has 2 aromatic carbocycles. The van der Waals surface area contributed by atoms with E-state index in [-0.39, 0.29) is 11.0 Å². The molecule has 0 radical (unpaired) electrons. The fourth-order valence-electron chi connectivity index (χ4n) is 2.41. The minimum atomic E-state index is -0.449. The average Bonchev–Trinajstić information content (AvgIpc) is 2.62. The van der Waals surface area contributed by atoms with Gasteiger partial charge >= 0.3 is 0 Å². The number of ether oxygens (including phenoxy) is 1. The van der Waals surface area contributed by atoms with E-state index in [4.69, 9.17) is 4.74 Å². The number of nitrogens with one attached hydrogen (secondary N) is 1. The molecular weight excluding hydrogens is 404 g/mol. The second-order valence-electron chi connectivity index (χ2n) is 7.07. The first-order valence-corrected chi connectivity index (χ1v) is 9.50. The monoisotopic (exact) mass is 426 g/mol. The number of halogens is 1. The van der Waals surface area contributed by atoms with Gasteiger partial charge in [0.05, 0.1) is 12.3 Å². The number of nitriles is 1. The Bertz CT molecular complexity index is 888. The van der Waals surface area contributed by atoms with Crippen molar-refractivity contribution in [3.8, 4) is 11.8 Å². The molecule has 1 N–H and O–H groups in total. The molecule has 0 aliphatic heterocycles. The zero-order chi connectivity index (χ0) is 20.0. The van der Waals surface area contributed by atoms with Crippen molar-refractivity contribution >= 4 is 33.6 Å². The van der Waals surface area contributed by atoms with Gasteiger partial charge in [0.2, 0.25) is 0 Å². The van der Waals surface area contributed by atoms with E-state index in [2.05, 4.69) is 42.0 Å². The molecule has 0 aromatic heterocycles. The van der Waals surface area contributed by atoms with E-state index in [9.17, 15) is 10.1 Å². The summed E-state index contributed by atoms with van der Waals surface area (Å²) >= 11 is 3.50. The van der Waals surface area contributed by atoms with E-state index in [1.165, 1.54) is 0 Å². The molecule has 0 unspecified atom stereocenters. The zero-order valence-corrected chi connectivity index (χ0v) is 17.6. The number of hydrogen-bond donors (Lipinski definition) is 1.